The predicted molar refractivity (Wildman–Crippen MR) is 84.9 cm³/mol. The fraction of sp³-hybridized carbons (Fsp3) is 0.471. The molecule has 1 aliphatic carbocycles. The summed E-state index contributed by atoms with van der Waals surface area (Å²) in [5.41, 5.74) is 4.43. The van der Waals surface area contributed by atoms with Crippen LogP contribution in [0.25, 0.3) is 11.1 Å². The molecule has 23 heavy (non-hydrogen) atoms. The average molecular weight is 310 g/mol. The lowest BCUT2D eigenvalue weighted by Gasteiger charge is -2.27. The molecule has 5 rings (SSSR count). The van der Waals surface area contributed by atoms with Crippen molar-refractivity contribution in [1.29, 1.82) is 0 Å². The molecule has 6 nitrogen and oxygen atoms in total. The zero-order valence-corrected chi connectivity index (χ0v) is 13.0. The van der Waals surface area contributed by atoms with Crippen LogP contribution in [-0.2, 0) is 9.47 Å². The number of methoxy groups -OCH3 is 1. The van der Waals surface area contributed by atoms with Gasteiger partial charge in [-0.05, 0) is 30.9 Å². The number of aliphatic imine (C=N–C) groups is 1. The van der Waals surface area contributed by atoms with E-state index in [9.17, 15) is 0 Å². The van der Waals surface area contributed by atoms with Crippen molar-refractivity contribution >= 4 is 12.0 Å². The molecule has 2 aromatic heterocycles. The third kappa shape index (κ3) is 1.85. The number of hydrogen-bond donors (Lipinski definition) is 0. The number of rotatable bonds is 2. The van der Waals surface area contributed by atoms with Crippen molar-refractivity contribution in [3.63, 3.8) is 0 Å². The zero-order valence-electron chi connectivity index (χ0n) is 13.0. The fourth-order valence-corrected chi connectivity index (χ4v) is 3.91. The topological polar surface area (TPSA) is 61.5 Å². The fourth-order valence-electron chi connectivity index (χ4n) is 3.91. The summed E-state index contributed by atoms with van der Waals surface area (Å²) in [6.07, 6.45) is 9.10. The minimum absolute atomic E-state index is 0.0340. The van der Waals surface area contributed by atoms with Crippen molar-refractivity contribution < 1.29 is 9.47 Å². The molecule has 4 heterocycles. The minimum atomic E-state index is -0.114. The molecule has 1 fully saturated rings. The highest BCUT2D eigenvalue weighted by Crippen LogP contribution is 2.51. The normalized spacial score (nSPS) is 27.8. The average Bonchev–Trinajstić information content (AvgIpc) is 3.22. The molecule has 2 aromatic rings. The second-order valence-electron chi connectivity index (χ2n) is 6.29. The Labute approximate surface area is 134 Å². The van der Waals surface area contributed by atoms with Crippen LogP contribution in [0.4, 0.5) is 5.82 Å². The molecule has 0 spiro atoms. The first-order valence-corrected chi connectivity index (χ1v) is 8.13. The maximum Gasteiger partial charge on any atom is 0.156 e. The summed E-state index contributed by atoms with van der Waals surface area (Å²) in [6, 6.07) is 2.05. The number of fused-ring (bicyclic) bond motifs is 2. The lowest BCUT2D eigenvalue weighted by atomic mass is 9.82. The van der Waals surface area contributed by atoms with Crippen LogP contribution >= 0.6 is 0 Å². The molecule has 3 aliphatic rings. The Hall–Kier alpha value is -2.05. The molecule has 3 unspecified atom stereocenters. The number of nitrogens with zero attached hydrogens (tertiary/aromatic N) is 4. The van der Waals surface area contributed by atoms with Crippen LogP contribution in [0.15, 0.2) is 23.5 Å². The highest BCUT2D eigenvalue weighted by Gasteiger charge is 2.40. The van der Waals surface area contributed by atoms with Gasteiger partial charge in [0.2, 0.25) is 0 Å². The van der Waals surface area contributed by atoms with Gasteiger partial charge < -0.3 is 9.47 Å². The molecule has 2 aliphatic heterocycles. The Morgan fingerprint density at radius 3 is 3.09 bits per heavy atom. The first kappa shape index (κ1) is 13.4. The predicted octanol–water partition coefficient (Wildman–Crippen LogP) is 3.14. The summed E-state index contributed by atoms with van der Waals surface area (Å²) < 4.78 is 13.6. The number of aromatic nitrogens is 3. The van der Waals surface area contributed by atoms with Crippen molar-refractivity contribution in [3.05, 3.63) is 29.7 Å². The molecule has 118 valence electrons. The van der Waals surface area contributed by atoms with Crippen LogP contribution in [0.3, 0.4) is 0 Å². The van der Waals surface area contributed by atoms with Crippen LogP contribution in [0, 0.1) is 0 Å². The van der Waals surface area contributed by atoms with Gasteiger partial charge in [-0.2, -0.15) is 5.10 Å². The smallest absolute Gasteiger partial charge is 0.156 e. The molecule has 0 N–H and O–H groups in total. The van der Waals surface area contributed by atoms with Gasteiger partial charge in [-0.25, -0.2) is 14.7 Å². The van der Waals surface area contributed by atoms with E-state index in [1.165, 1.54) is 12.0 Å². The van der Waals surface area contributed by atoms with E-state index in [1.54, 1.807) is 7.11 Å². The van der Waals surface area contributed by atoms with E-state index in [2.05, 4.69) is 22.2 Å². The maximum atomic E-state index is 5.88. The first-order chi connectivity index (χ1) is 11.4. The molecular formula is C17H18N4O2. The number of hydrogen-bond acceptors (Lipinski definition) is 5. The van der Waals surface area contributed by atoms with Crippen LogP contribution in [0.2, 0.25) is 0 Å². The Bertz CT molecular complexity index is 792. The van der Waals surface area contributed by atoms with Crippen molar-refractivity contribution in [3.8, 4) is 11.1 Å². The lowest BCUT2D eigenvalue weighted by molar-refractivity contribution is -0.0402. The van der Waals surface area contributed by atoms with Crippen LogP contribution < -0.4 is 0 Å². The molecule has 1 saturated heterocycles. The summed E-state index contributed by atoms with van der Waals surface area (Å²) in [6.45, 7) is 0.808. The zero-order chi connectivity index (χ0) is 15.4. The van der Waals surface area contributed by atoms with Gasteiger partial charge in [0.1, 0.15) is 18.0 Å². The Balaban J connectivity index is 1.66. The van der Waals surface area contributed by atoms with E-state index in [0.717, 1.165) is 42.1 Å². The van der Waals surface area contributed by atoms with E-state index in [-0.39, 0.29) is 18.2 Å². The molecule has 3 atom stereocenters. The van der Waals surface area contributed by atoms with Gasteiger partial charge in [0.25, 0.3) is 0 Å². The summed E-state index contributed by atoms with van der Waals surface area (Å²) in [4.78, 5) is 8.84. The van der Waals surface area contributed by atoms with Gasteiger partial charge in [0.05, 0.1) is 5.92 Å². The maximum absolute atomic E-state index is 5.88. The van der Waals surface area contributed by atoms with Gasteiger partial charge in [0.15, 0.2) is 5.82 Å². The van der Waals surface area contributed by atoms with Gasteiger partial charge in [-0.3, -0.25) is 0 Å². The number of ether oxygens (including phenoxy) is 2. The SMILES string of the molecule is COC1c2nn(C3CCCCO3)cc2-c2ccnc3c2C1C=N3. The van der Waals surface area contributed by atoms with Gasteiger partial charge in [-0.1, -0.05) is 0 Å². The van der Waals surface area contributed by atoms with Gasteiger partial charge in [0, 0.05) is 43.5 Å². The quantitative estimate of drug-likeness (QED) is 0.855. The second-order valence-corrected chi connectivity index (χ2v) is 6.29. The minimum Gasteiger partial charge on any atom is -0.374 e. The van der Waals surface area contributed by atoms with Crippen LogP contribution in [-0.4, -0.2) is 34.7 Å². The standard InChI is InChI=1S/C17H18N4O2/c1-22-16-11-8-19-17-14(11)10(5-6-18-17)12-9-21(20-15(12)16)13-4-2-3-7-23-13/h5-6,8-9,11,13,16H,2-4,7H2,1H3. The van der Waals surface area contributed by atoms with E-state index < -0.39 is 0 Å². The molecule has 0 bridgehead atoms. The van der Waals surface area contributed by atoms with E-state index in [4.69, 9.17) is 14.6 Å². The lowest BCUT2D eigenvalue weighted by Crippen LogP contribution is -2.20. The van der Waals surface area contributed by atoms with Crippen molar-refractivity contribution in [2.24, 2.45) is 4.99 Å². The van der Waals surface area contributed by atoms with Gasteiger partial charge in [-0.15, -0.1) is 0 Å². The number of pyridine rings is 1. The highest BCUT2D eigenvalue weighted by atomic mass is 16.5. The largest absolute Gasteiger partial charge is 0.374 e. The van der Waals surface area contributed by atoms with Gasteiger partial charge >= 0.3 is 0 Å². The molecule has 0 saturated carbocycles. The van der Waals surface area contributed by atoms with Crippen molar-refractivity contribution in [2.75, 3.05) is 13.7 Å². The summed E-state index contributed by atoms with van der Waals surface area (Å²) in [5, 5.41) is 4.83. The van der Waals surface area contributed by atoms with Crippen molar-refractivity contribution in [1.82, 2.24) is 14.8 Å². The molecule has 0 amide bonds. The highest BCUT2D eigenvalue weighted by molar-refractivity contribution is 5.89. The molecular weight excluding hydrogens is 292 g/mol. The summed E-state index contributed by atoms with van der Waals surface area (Å²) >= 11 is 0. The summed E-state index contributed by atoms with van der Waals surface area (Å²) in [5.74, 6) is 0.906. The van der Waals surface area contributed by atoms with E-state index in [0.29, 0.717) is 0 Å². The Kier molecular flexibility index (Phi) is 2.90. The Morgan fingerprint density at radius 1 is 1.30 bits per heavy atom. The second kappa shape index (κ2) is 4.97. The monoisotopic (exact) mass is 310 g/mol. The van der Waals surface area contributed by atoms with E-state index in [1.807, 2.05) is 17.1 Å². The molecule has 0 radical (unpaired) electrons. The Morgan fingerprint density at radius 2 is 2.26 bits per heavy atom. The van der Waals surface area contributed by atoms with Crippen LogP contribution in [0.5, 0.6) is 0 Å². The van der Waals surface area contributed by atoms with E-state index >= 15 is 0 Å². The first-order valence-electron chi connectivity index (χ1n) is 8.13. The summed E-state index contributed by atoms with van der Waals surface area (Å²) in [7, 11) is 1.73. The third-order valence-electron chi connectivity index (χ3n) is 5.01. The molecule has 0 aromatic carbocycles. The van der Waals surface area contributed by atoms with Crippen molar-refractivity contribution in [2.45, 2.75) is 37.5 Å². The van der Waals surface area contributed by atoms with Crippen LogP contribution in [0.1, 0.15) is 48.8 Å². The molecule has 6 heteroatoms. The third-order valence-corrected chi connectivity index (χ3v) is 5.01.